The van der Waals surface area contributed by atoms with E-state index < -0.39 is 0 Å². The molecule has 0 spiro atoms. The summed E-state index contributed by atoms with van der Waals surface area (Å²) >= 11 is 0. The maximum atomic E-state index is 13.1. The first-order chi connectivity index (χ1) is 14.1. The van der Waals surface area contributed by atoms with Gasteiger partial charge in [-0.3, -0.25) is 4.79 Å². The fourth-order valence-electron chi connectivity index (χ4n) is 4.65. The molecule has 2 aliphatic heterocycles. The van der Waals surface area contributed by atoms with Gasteiger partial charge in [0.2, 0.25) is 0 Å². The summed E-state index contributed by atoms with van der Waals surface area (Å²) in [6.45, 7) is 8.90. The summed E-state index contributed by atoms with van der Waals surface area (Å²) in [6.07, 6.45) is 0.965. The number of piperazine rings is 1. The lowest BCUT2D eigenvalue weighted by Gasteiger charge is -2.36. The number of nitriles is 1. The van der Waals surface area contributed by atoms with Gasteiger partial charge in [0.15, 0.2) is 6.04 Å². The van der Waals surface area contributed by atoms with Crippen LogP contribution in [0.25, 0.3) is 0 Å². The molecule has 1 atom stereocenters. The first kappa shape index (κ1) is 19.6. The molecule has 4 rings (SSSR count). The first-order valence-corrected chi connectivity index (χ1v) is 10.7. The van der Waals surface area contributed by atoms with E-state index in [2.05, 4.69) is 54.3 Å². The Hall–Kier alpha value is -2.68. The number of amides is 1. The van der Waals surface area contributed by atoms with Crippen molar-refractivity contribution >= 4 is 5.91 Å². The Bertz CT molecular complexity index is 894. The summed E-state index contributed by atoms with van der Waals surface area (Å²) in [4.78, 5) is 18.1. The van der Waals surface area contributed by atoms with Gasteiger partial charge >= 0.3 is 0 Å². The summed E-state index contributed by atoms with van der Waals surface area (Å²) in [5, 5.41) is 8.93. The van der Waals surface area contributed by atoms with Crippen LogP contribution in [0.1, 0.15) is 29.2 Å². The Labute approximate surface area is 173 Å². The quantitative estimate of drug-likeness (QED) is 0.761. The van der Waals surface area contributed by atoms with Crippen LogP contribution in [0, 0.1) is 11.3 Å². The maximum absolute atomic E-state index is 13.1. The third kappa shape index (κ3) is 4.50. The lowest BCUT2D eigenvalue weighted by atomic mass is 9.99. The Morgan fingerprint density at radius 1 is 1.07 bits per heavy atom. The molecule has 0 aromatic heterocycles. The van der Waals surface area contributed by atoms with Crippen LogP contribution < -0.4 is 9.80 Å². The predicted molar refractivity (Wildman–Crippen MR) is 111 cm³/mol. The molecule has 0 bridgehead atoms. The second-order valence-corrected chi connectivity index (χ2v) is 8.39. The second kappa shape index (κ2) is 8.77. The van der Waals surface area contributed by atoms with Crippen molar-refractivity contribution in [3.8, 4) is 6.07 Å². The SMILES string of the molecule is C[C@H](C(=O)N1CCc2ccccc2C1)[NH+]1CC[NH+](Cc2ccc(C#N)cc2)CC1. The molecule has 2 N–H and O–H groups in total. The normalized spacial score (nSPS) is 22.4. The van der Waals surface area contributed by atoms with Gasteiger partial charge in [-0.25, -0.2) is 0 Å². The zero-order valence-electron chi connectivity index (χ0n) is 17.2. The van der Waals surface area contributed by atoms with Gasteiger partial charge in [0.25, 0.3) is 5.91 Å². The van der Waals surface area contributed by atoms with Gasteiger partial charge < -0.3 is 14.7 Å². The molecule has 1 saturated heterocycles. The lowest BCUT2D eigenvalue weighted by Crippen LogP contribution is -3.29. The minimum atomic E-state index is 0.0247. The van der Waals surface area contributed by atoms with Crippen LogP contribution in [0.2, 0.25) is 0 Å². The van der Waals surface area contributed by atoms with Crippen LogP contribution in [0.4, 0.5) is 0 Å². The monoisotopic (exact) mass is 390 g/mol. The first-order valence-electron chi connectivity index (χ1n) is 10.7. The molecule has 1 fully saturated rings. The standard InChI is InChI=1S/C24H28N4O/c1-19(24(29)28-11-10-22-4-2-3-5-23(22)18-28)27-14-12-26(13-15-27)17-21-8-6-20(16-25)7-9-21/h2-9,19H,10-15,17-18H2,1H3/p+2/t19-/m1/s1. The number of carbonyl (C=O) groups excluding carboxylic acids is 1. The van der Waals surface area contributed by atoms with E-state index in [1.54, 1.807) is 4.90 Å². The molecule has 1 amide bonds. The maximum Gasteiger partial charge on any atom is 0.280 e. The smallest absolute Gasteiger partial charge is 0.280 e. The van der Waals surface area contributed by atoms with Crippen molar-refractivity contribution in [1.82, 2.24) is 4.90 Å². The van der Waals surface area contributed by atoms with E-state index in [4.69, 9.17) is 5.26 Å². The minimum Gasteiger partial charge on any atom is -0.333 e. The number of hydrogen-bond donors (Lipinski definition) is 2. The van der Waals surface area contributed by atoms with E-state index in [-0.39, 0.29) is 6.04 Å². The fourth-order valence-corrected chi connectivity index (χ4v) is 4.65. The van der Waals surface area contributed by atoms with Crippen LogP contribution in [-0.2, 0) is 24.3 Å². The van der Waals surface area contributed by atoms with Crippen LogP contribution in [0.3, 0.4) is 0 Å². The van der Waals surface area contributed by atoms with Crippen molar-refractivity contribution in [2.75, 3.05) is 32.7 Å². The molecular weight excluding hydrogens is 360 g/mol. The van der Waals surface area contributed by atoms with Gasteiger partial charge in [-0.15, -0.1) is 0 Å². The largest absolute Gasteiger partial charge is 0.333 e. The van der Waals surface area contributed by atoms with Crippen LogP contribution in [-0.4, -0.2) is 49.6 Å². The van der Waals surface area contributed by atoms with Crippen LogP contribution in [0.5, 0.6) is 0 Å². The number of carbonyl (C=O) groups is 1. The van der Waals surface area contributed by atoms with Gasteiger partial charge in [0, 0.05) is 18.7 Å². The van der Waals surface area contributed by atoms with Crippen molar-refractivity contribution in [3.05, 3.63) is 70.8 Å². The summed E-state index contributed by atoms with van der Waals surface area (Å²) in [7, 11) is 0. The molecular formula is C24H30N4O+2. The van der Waals surface area contributed by atoms with Crippen molar-refractivity contribution in [2.45, 2.75) is 32.5 Å². The number of nitrogens with one attached hydrogen (secondary N) is 2. The number of hydrogen-bond acceptors (Lipinski definition) is 2. The predicted octanol–water partition coefficient (Wildman–Crippen LogP) is -0.185. The second-order valence-electron chi connectivity index (χ2n) is 8.39. The third-order valence-corrected chi connectivity index (χ3v) is 6.56. The highest BCUT2D eigenvalue weighted by molar-refractivity contribution is 5.80. The molecule has 150 valence electrons. The number of nitrogens with zero attached hydrogens (tertiary/aromatic N) is 2. The number of fused-ring (bicyclic) bond motifs is 1. The molecule has 2 aliphatic rings. The highest BCUT2D eigenvalue weighted by atomic mass is 16.2. The molecule has 0 saturated carbocycles. The molecule has 0 aliphatic carbocycles. The van der Waals surface area contributed by atoms with E-state index in [9.17, 15) is 4.79 Å². The van der Waals surface area contributed by atoms with E-state index >= 15 is 0 Å². The molecule has 2 aromatic rings. The van der Waals surface area contributed by atoms with Crippen molar-refractivity contribution < 1.29 is 14.6 Å². The molecule has 5 nitrogen and oxygen atoms in total. The van der Waals surface area contributed by atoms with E-state index in [1.807, 2.05) is 12.1 Å². The molecule has 5 heteroatoms. The number of rotatable bonds is 4. The Kier molecular flexibility index (Phi) is 5.94. The van der Waals surface area contributed by atoms with Crippen molar-refractivity contribution in [1.29, 1.82) is 5.26 Å². The Balaban J connectivity index is 1.29. The number of quaternary nitrogens is 2. The summed E-state index contributed by atoms with van der Waals surface area (Å²) in [5.74, 6) is 0.296. The molecule has 29 heavy (non-hydrogen) atoms. The van der Waals surface area contributed by atoms with Gasteiger partial charge in [-0.2, -0.15) is 5.26 Å². The summed E-state index contributed by atoms with van der Waals surface area (Å²) < 4.78 is 0. The average Bonchev–Trinajstić information content (AvgIpc) is 2.79. The van der Waals surface area contributed by atoms with Gasteiger partial charge in [0.1, 0.15) is 32.7 Å². The molecule has 2 aromatic carbocycles. The Morgan fingerprint density at radius 3 is 2.45 bits per heavy atom. The van der Waals surface area contributed by atoms with E-state index in [0.717, 1.165) is 52.2 Å². The lowest BCUT2D eigenvalue weighted by molar-refractivity contribution is -1.02. The van der Waals surface area contributed by atoms with Crippen LogP contribution >= 0.6 is 0 Å². The van der Waals surface area contributed by atoms with Crippen molar-refractivity contribution in [3.63, 3.8) is 0 Å². The highest BCUT2D eigenvalue weighted by Gasteiger charge is 2.34. The third-order valence-electron chi connectivity index (χ3n) is 6.56. The van der Waals surface area contributed by atoms with E-state index in [0.29, 0.717) is 11.5 Å². The zero-order chi connectivity index (χ0) is 20.2. The average molecular weight is 391 g/mol. The zero-order valence-corrected chi connectivity index (χ0v) is 17.2. The van der Waals surface area contributed by atoms with Gasteiger partial charge in [-0.1, -0.05) is 36.4 Å². The van der Waals surface area contributed by atoms with Gasteiger partial charge in [-0.05, 0) is 36.6 Å². The van der Waals surface area contributed by atoms with Crippen LogP contribution in [0.15, 0.2) is 48.5 Å². The Morgan fingerprint density at radius 2 is 1.76 bits per heavy atom. The van der Waals surface area contributed by atoms with Crippen molar-refractivity contribution in [2.24, 2.45) is 0 Å². The topological polar surface area (TPSA) is 53.0 Å². The fraction of sp³-hybridized carbons (Fsp3) is 0.417. The highest BCUT2D eigenvalue weighted by Crippen LogP contribution is 2.18. The summed E-state index contributed by atoms with van der Waals surface area (Å²) in [5.41, 5.74) is 4.67. The molecule has 2 heterocycles. The molecule has 0 radical (unpaired) electrons. The number of benzene rings is 2. The van der Waals surface area contributed by atoms with E-state index in [1.165, 1.54) is 21.6 Å². The minimum absolute atomic E-state index is 0.0247. The summed E-state index contributed by atoms with van der Waals surface area (Å²) in [6, 6.07) is 18.6. The van der Waals surface area contributed by atoms with Gasteiger partial charge in [0.05, 0.1) is 11.6 Å². The molecule has 0 unspecified atom stereocenters.